The first-order valence-electron chi connectivity index (χ1n) is 8.07. The molecule has 0 radical (unpaired) electrons. The highest BCUT2D eigenvalue weighted by Gasteiger charge is 2.45. The number of esters is 2. The van der Waals surface area contributed by atoms with Gasteiger partial charge in [0.15, 0.2) is 6.29 Å². The number of thioether (sulfide) groups is 1. The van der Waals surface area contributed by atoms with Crippen LogP contribution in [0, 0.1) is 0 Å². The first-order valence-corrected chi connectivity index (χ1v) is 9.36. The van der Waals surface area contributed by atoms with Crippen molar-refractivity contribution in [1.82, 2.24) is 0 Å². The van der Waals surface area contributed by atoms with Gasteiger partial charge in [-0.15, -0.1) is 0 Å². The van der Waals surface area contributed by atoms with Gasteiger partial charge in [-0.2, -0.15) is 11.8 Å². The van der Waals surface area contributed by atoms with Gasteiger partial charge in [-0.1, -0.05) is 0 Å². The Labute approximate surface area is 149 Å². The molecule has 2 aliphatic heterocycles. The predicted molar refractivity (Wildman–Crippen MR) is 89.8 cm³/mol. The van der Waals surface area contributed by atoms with Crippen molar-refractivity contribution in [3.63, 3.8) is 0 Å². The van der Waals surface area contributed by atoms with Gasteiger partial charge >= 0.3 is 11.9 Å². The highest BCUT2D eigenvalue weighted by molar-refractivity contribution is 7.98. The Morgan fingerprint density at radius 3 is 2.60 bits per heavy atom. The number of ether oxygens (including phenoxy) is 4. The number of hydrogen-bond acceptors (Lipinski definition) is 8. The lowest BCUT2D eigenvalue weighted by Gasteiger charge is -2.31. The highest BCUT2D eigenvalue weighted by atomic mass is 32.2. The molecule has 0 spiro atoms. The zero-order valence-electron chi connectivity index (χ0n) is 14.2. The fourth-order valence-corrected chi connectivity index (χ4v) is 4.08. The molecule has 2 aliphatic rings. The third-order valence-corrected chi connectivity index (χ3v) is 5.26. The lowest BCUT2D eigenvalue weighted by atomic mass is 9.91. The molecule has 1 aromatic rings. The lowest BCUT2D eigenvalue weighted by Crippen LogP contribution is -2.27. The smallest absolute Gasteiger partial charge is 0.342 e. The quantitative estimate of drug-likeness (QED) is 0.793. The van der Waals surface area contributed by atoms with Gasteiger partial charge in [0, 0.05) is 5.56 Å². The summed E-state index contributed by atoms with van der Waals surface area (Å²) >= 11 is 1.53. The maximum atomic E-state index is 12.5. The van der Waals surface area contributed by atoms with Gasteiger partial charge in [-0.05, 0) is 31.7 Å². The third-order valence-electron chi connectivity index (χ3n) is 4.19. The molecule has 8 heteroatoms. The zero-order valence-corrected chi connectivity index (χ0v) is 15.1. The summed E-state index contributed by atoms with van der Waals surface area (Å²) in [5.41, 5.74) is 1.02. The summed E-state index contributed by atoms with van der Waals surface area (Å²) in [6, 6.07) is 1.57. The van der Waals surface area contributed by atoms with Crippen LogP contribution in [-0.4, -0.2) is 49.2 Å². The van der Waals surface area contributed by atoms with E-state index in [1.54, 1.807) is 19.9 Å². The number of carbonyl (C=O) groups excluding carboxylic acids is 2. The van der Waals surface area contributed by atoms with Crippen LogP contribution in [0.5, 0.6) is 5.75 Å². The molecular formula is C17H20O7S. The molecule has 2 bridgehead atoms. The number of phenols is 1. The van der Waals surface area contributed by atoms with Crippen molar-refractivity contribution in [2.75, 3.05) is 26.1 Å². The van der Waals surface area contributed by atoms with E-state index >= 15 is 0 Å². The highest BCUT2D eigenvalue weighted by Crippen LogP contribution is 2.51. The van der Waals surface area contributed by atoms with E-state index in [1.165, 1.54) is 11.8 Å². The summed E-state index contributed by atoms with van der Waals surface area (Å²) < 4.78 is 21.5. The molecule has 136 valence electrons. The van der Waals surface area contributed by atoms with E-state index in [1.807, 2.05) is 6.26 Å². The molecule has 0 amide bonds. The van der Waals surface area contributed by atoms with Gasteiger partial charge < -0.3 is 24.1 Å². The van der Waals surface area contributed by atoms with E-state index in [-0.39, 0.29) is 35.7 Å². The van der Waals surface area contributed by atoms with Crippen molar-refractivity contribution in [1.29, 1.82) is 0 Å². The normalized spacial score (nSPS) is 23.9. The van der Waals surface area contributed by atoms with Crippen LogP contribution < -0.4 is 0 Å². The Morgan fingerprint density at radius 1 is 1.28 bits per heavy atom. The molecular weight excluding hydrogens is 348 g/mol. The lowest BCUT2D eigenvalue weighted by molar-refractivity contribution is -0.0692. The molecule has 0 aromatic heterocycles. The van der Waals surface area contributed by atoms with E-state index in [4.69, 9.17) is 18.9 Å². The third kappa shape index (κ3) is 2.98. The average molecular weight is 368 g/mol. The standard InChI is InChI=1S/C17H20O7S/c1-4-21-15(19)9-6-8-11(12(13(9)18)16(20)22-5-2)17-23-7-10(24-17)14(8)25-3/h6,10,14,17-18H,4-5,7H2,1-3H3/t10-,14+,17-/m1/s1. The topological polar surface area (TPSA) is 91.3 Å². The van der Waals surface area contributed by atoms with Crippen LogP contribution in [0.1, 0.15) is 57.2 Å². The number of rotatable bonds is 5. The van der Waals surface area contributed by atoms with Gasteiger partial charge in [0.05, 0.1) is 25.1 Å². The van der Waals surface area contributed by atoms with Crippen LogP contribution in [-0.2, 0) is 18.9 Å². The summed E-state index contributed by atoms with van der Waals surface area (Å²) in [5, 5.41) is 10.5. The second kappa shape index (κ2) is 7.23. The van der Waals surface area contributed by atoms with Crippen LogP contribution in [0.15, 0.2) is 6.07 Å². The minimum Gasteiger partial charge on any atom is -0.506 e. The molecule has 7 nitrogen and oxygen atoms in total. The number of hydrogen-bond donors (Lipinski definition) is 1. The van der Waals surface area contributed by atoms with Crippen molar-refractivity contribution >= 4 is 23.7 Å². The monoisotopic (exact) mass is 368 g/mol. The molecule has 1 aromatic carbocycles. The van der Waals surface area contributed by atoms with E-state index in [9.17, 15) is 14.7 Å². The predicted octanol–water partition coefficient (Wildman–Crippen LogP) is 2.58. The Hall–Kier alpha value is -1.77. The van der Waals surface area contributed by atoms with Crippen LogP contribution >= 0.6 is 11.8 Å². The number of benzene rings is 1. The fraction of sp³-hybridized carbons (Fsp3) is 0.529. The summed E-state index contributed by atoms with van der Waals surface area (Å²) in [7, 11) is 0. The first kappa shape index (κ1) is 18.0. The van der Waals surface area contributed by atoms with Gasteiger partial charge in [0.2, 0.25) is 0 Å². The maximum Gasteiger partial charge on any atom is 0.342 e. The van der Waals surface area contributed by atoms with Crippen LogP contribution in [0.4, 0.5) is 0 Å². The van der Waals surface area contributed by atoms with E-state index in [0.29, 0.717) is 12.2 Å². The van der Waals surface area contributed by atoms with Crippen molar-refractivity contribution in [3.8, 4) is 5.75 Å². The summed E-state index contributed by atoms with van der Waals surface area (Å²) in [5.74, 6) is -1.87. The molecule has 3 rings (SSSR count). The average Bonchev–Trinajstić information content (AvgIpc) is 3.00. The van der Waals surface area contributed by atoms with Crippen molar-refractivity contribution < 1.29 is 33.6 Å². The Bertz CT molecular complexity index is 703. The first-order chi connectivity index (χ1) is 12.0. The minimum absolute atomic E-state index is 0.0518. The Balaban J connectivity index is 2.23. The SMILES string of the molecule is CCOC(=O)c1cc2c(c(C(=O)OCC)c1O)[C@@H]1OC[C@@H](O1)[C@H]2SC. The van der Waals surface area contributed by atoms with E-state index in [0.717, 1.165) is 5.56 Å². The summed E-state index contributed by atoms with van der Waals surface area (Å²) in [6.07, 6.45) is 0.976. The van der Waals surface area contributed by atoms with E-state index < -0.39 is 24.0 Å². The maximum absolute atomic E-state index is 12.5. The van der Waals surface area contributed by atoms with Gasteiger partial charge in [0.25, 0.3) is 0 Å². The van der Waals surface area contributed by atoms with E-state index in [2.05, 4.69) is 0 Å². The number of fused-ring (bicyclic) bond motifs is 4. The largest absolute Gasteiger partial charge is 0.506 e. The number of phenolic OH excluding ortho intramolecular Hbond substituents is 1. The zero-order chi connectivity index (χ0) is 18.1. The second-order valence-electron chi connectivity index (χ2n) is 5.59. The van der Waals surface area contributed by atoms with Crippen LogP contribution in [0.25, 0.3) is 0 Å². The summed E-state index contributed by atoms with van der Waals surface area (Å²) in [4.78, 5) is 24.7. The summed E-state index contributed by atoms with van der Waals surface area (Å²) in [6.45, 7) is 4.01. The van der Waals surface area contributed by atoms with Crippen LogP contribution in [0.2, 0.25) is 0 Å². The van der Waals surface area contributed by atoms with Crippen molar-refractivity contribution in [2.24, 2.45) is 0 Å². The minimum atomic E-state index is -0.759. The fourth-order valence-electron chi connectivity index (χ4n) is 3.18. The number of carbonyl (C=O) groups is 2. The van der Waals surface area contributed by atoms with Gasteiger partial charge in [0.1, 0.15) is 23.0 Å². The molecule has 3 atom stereocenters. The molecule has 25 heavy (non-hydrogen) atoms. The molecule has 0 saturated carbocycles. The van der Waals surface area contributed by atoms with Crippen molar-refractivity contribution in [2.45, 2.75) is 31.5 Å². The molecule has 1 N–H and O–H groups in total. The van der Waals surface area contributed by atoms with Crippen molar-refractivity contribution in [3.05, 3.63) is 28.3 Å². The molecule has 1 fully saturated rings. The van der Waals surface area contributed by atoms with Crippen LogP contribution in [0.3, 0.4) is 0 Å². The molecule has 0 aliphatic carbocycles. The Morgan fingerprint density at radius 2 is 1.96 bits per heavy atom. The molecule has 2 heterocycles. The van der Waals surface area contributed by atoms with Gasteiger partial charge in [-0.25, -0.2) is 9.59 Å². The van der Waals surface area contributed by atoms with Gasteiger partial charge in [-0.3, -0.25) is 0 Å². The Kier molecular flexibility index (Phi) is 5.21. The molecule has 1 saturated heterocycles. The number of aromatic hydroxyl groups is 1. The second-order valence-corrected chi connectivity index (χ2v) is 6.57. The molecule has 0 unspecified atom stereocenters.